The van der Waals surface area contributed by atoms with Crippen LogP contribution < -0.4 is 5.32 Å². The van der Waals surface area contributed by atoms with E-state index in [9.17, 15) is 4.21 Å². The summed E-state index contributed by atoms with van der Waals surface area (Å²) in [6.45, 7) is 5.70. The van der Waals surface area contributed by atoms with E-state index in [-0.39, 0.29) is 5.25 Å². The molecule has 1 aliphatic rings. The third kappa shape index (κ3) is 3.04. The number of rotatable bonds is 4. The molecule has 0 bridgehead atoms. The summed E-state index contributed by atoms with van der Waals surface area (Å²) in [5.74, 6) is 0. The maximum absolute atomic E-state index is 12.1. The Hall–Kier alpha value is 0.0700. The van der Waals surface area contributed by atoms with E-state index in [1.807, 2.05) is 7.05 Å². The average molecular weight is 219 g/mol. The molecule has 0 aromatic heterocycles. The van der Waals surface area contributed by atoms with Gasteiger partial charge in [0.2, 0.25) is 0 Å². The van der Waals surface area contributed by atoms with E-state index in [0.717, 1.165) is 26.1 Å². The van der Waals surface area contributed by atoms with Gasteiger partial charge in [0.15, 0.2) is 0 Å². The highest BCUT2D eigenvalue weighted by Crippen LogP contribution is 2.17. The molecule has 1 fully saturated rings. The van der Waals surface area contributed by atoms with Crippen LogP contribution in [0.2, 0.25) is 0 Å². The van der Waals surface area contributed by atoms with Crippen molar-refractivity contribution in [3.8, 4) is 0 Å². The fourth-order valence-corrected chi connectivity index (χ4v) is 3.45. The first-order valence-corrected chi connectivity index (χ1v) is 6.58. The lowest BCUT2D eigenvalue weighted by atomic mass is 10.2. The Morgan fingerprint density at radius 3 is 2.43 bits per heavy atom. The van der Waals surface area contributed by atoms with Crippen molar-refractivity contribution in [3.05, 3.63) is 0 Å². The third-order valence-corrected chi connectivity index (χ3v) is 5.29. The molecule has 1 N–H and O–H groups in total. The van der Waals surface area contributed by atoms with Gasteiger partial charge in [-0.1, -0.05) is 0 Å². The van der Waals surface area contributed by atoms with Gasteiger partial charge in [0.25, 0.3) is 0 Å². The van der Waals surface area contributed by atoms with Crippen LogP contribution >= 0.6 is 0 Å². The van der Waals surface area contributed by atoms with Crippen LogP contribution in [0.25, 0.3) is 0 Å². The largest absolute Gasteiger partial charge is 0.381 e. The summed E-state index contributed by atoms with van der Waals surface area (Å²) in [7, 11) is 1.20. The Morgan fingerprint density at radius 1 is 1.36 bits per heavy atom. The normalized spacial score (nSPS) is 25.6. The zero-order valence-electron chi connectivity index (χ0n) is 9.29. The quantitative estimate of drug-likeness (QED) is 0.764. The SMILES string of the molecule is CNC(C)C(C)S(=O)C1CCOCC1. The molecular weight excluding hydrogens is 198 g/mol. The molecule has 0 aromatic rings. The molecule has 0 radical (unpaired) electrons. The van der Waals surface area contributed by atoms with E-state index < -0.39 is 10.8 Å². The predicted molar refractivity (Wildman–Crippen MR) is 60.0 cm³/mol. The second-order valence-corrected chi connectivity index (χ2v) is 5.99. The predicted octanol–water partition coefficient (Wildman–Crippen LogP) is 0.910. The molecule has 0 amide bonds. The molecule has 4 heteroatoms. The molecular formula is C10H21NO2S. The van der Waals surface area contributed by atoms with Gasteiger partial charge in [-0.3, -0.25) is 4.21 Å². The van der Waals surface area contributed by atoms with Crippen LogP contribution in [-0.2, 0) is 15.5 Å². The first kappa shape index (κ1) is 12.1. The number of hydrogen-bond acceptors (Lipinski definition) is 3. The van der Waals surface area contributed by atoms with Crippen LogP contribution in [-0.4, -0.2) is 41.0 Å². The minimum absolute atomic E-state index is 0.225. The Bertz CT molecular complexity index is 189. The van der Waals surface area contributed by atoms with Gasteiger partial charge >= 0.3 is 0 Å². The van der Waals surface area contributed by atoms with Crippen molar-refractivity contribution in [1.29, 1.82) is 0 Å². The maximum atomic E-state index is 12.1. The summed E-state index contributed by atoms with van der Waals surface area (Å²) >= 11 is 0. The molecule has 0 aromatic carbocycles. The van der Waals surface area contributed by atoms with E-state index in [2.05, 4.69) is 19.2 Å². The molecule has 3 nitrogen and oxygen atoms in total. The Balaban J connectivity index is 2.46. The van der Waals surface area contributed by atoms with Crippen molar-refractivity contribution >= 4 is 10.8 Å². The van der Waals surface area contributed by atoms with E-state index >= 15 is 0 Å². The van der Waals surface area contributed by atoms with Crippen molar-refractivity contribution in [2.45, 2.75) is 43.2 Å². The maximum Gasteiger partial charge on any atom is 0.0477 e. The molecule has 1 rings (SSSR count). The van der Waals surface area contributed by atoms with Crippen LogP contribution in [0.4, 0.5) is 0 Å². The van der Waals surface area contributed by atoms with Gasteiger partial charge in [-0.25, -0.2) is 0 Å². The standard InChI is InChI=1S/C10H21NO2S/c1-8(11-3)9(2)14(12)10-4-6-13-7-5-10/h8-11H,4-7H2,1-3H3. The van der Waals surface area contributed by atoms with Crippen molar-refractivity contribution < 1.29 is 8.95 Å². The Morgan fingerprint density at radius 2 is 1.93 bits per heavy atom. The van der Waals surface area contributed by atoms with Crippen LogP contribution in [0.1, 0.15) is 26.7 Å². The lowest BCUT2D eigenvalue weighted by molar-refractivity contribution is 0.0990. The van der Waals surface area contributed by atoms with Crippen molar-refractivity contribution in [2.75, 3.05) is 20.3 Å². The Labute approximate surface area is 89.1 Å². The summed E-state index contributed by atoms with van der Waals surface area (Å²) in [5.41, 5.74) is 0. The molecule has 14 heavy (non-hydrogen) atoms. The van der Waals surface area contributed by atoms with Gasteiger partial charge in [-0.2, -0.15) is 0 Å². The van der Waals surface area contributed by atoms with Gasteiger partial charge in [-0.05, 0) is 33.7 Å². The van der Waals surface area contributed by atoms with Crippen LogP contribution in [0.5, 0.6) is 0 Å². The topological polar surface area (TPSA) is 38.3 Å². The fraction of sp³-hybridized carbons (Fsp3) is 1.00. The average Bonchev–Trinajstić information content (AvgIpc) is 2.27. The minimum Gasteiger partial charge on any atom is -0.381 e. The first-order valence-electron chi connectivity index (χ1n) is 5.31. The second-order valence-electron chi connectivity index (χ2n) is 3.92. The number of ether oxygens (including phenoxy) is 1. The van der Waals surface area contributed by atoms with Crippen LogP contribution in [0.3, 0.4) is 0 Å². The number of hydrogen-bond donors (Lipinski definition) is 1. The van der Waals surface area contributed by atoms with Crippen LogP contribution in [0, 0.1) is 0 Å². The van der Waals surface area contributed by atoms with Crippen molar-refractivity contribution in [3.63, 3.8) is 0 Å². The minimum atomic E-state index is -0.724. The van der Waals surface area contributed by atoms with Crippen molar-refractivity contribution in [1.82, 2.24) is 5.32 Å². The van der Waals surface area contributed by atoms with Crippen LogP contribution in [0.15, 0.2) is 0 Å². The molecule has 0 aliphatic carbocycles. The molecule has 0 spiro atoms. The van der Waals surface area contributed by atoms with E-state index in [4.69, 9.17) is 4.74 Å². The highest BCUT2D eigenvalue weighted by Gasteiger charge is 2.26. The lowest BCUT2D eigenvalue weighted by Crippen LogP contribution is -2.40. The number of nitrogens with one attached hydrogen (secondary N) is 1. The monoisotopic (exact) mass is 219 g/mol. The Kier molecular flexibility index (Phi) is 5.06. The molecule has 1 aliphatic heterocycles. The first-order chi connectivity index (χ1) is 6.66. The lowest BCUT2D eigenvalue weighted by Gasteiger charge is -2.27. The van der Waals surface area contributed by atoms with Crippen molar-refractivity contribution in [2.24, 2.45) is 0 Å². The summed E-state index contributed by atoms with van der Waals surface area (Å²) in [6.07, 6.45) is 1.90. The summed E-state index contributed by atoms with van der Waals surface area (Å²) < 4.78 is 17.4. The van der Waals surface area contributed by atoms with Gasteiger partial charge in [0, 0.05) is 40.6 Å². The molecule has 3 unspecified atom stereocenters. The summed E-state index contributed by atoms with van der Waals surface area (Å²) in [5, 5.41) is 3.73. The van der Waals surface area contributed by atoms with Gasteiger partial charge in [0.05, 0.1) is 0 Å². The zero-order chi connectivity index (χ0) is 10.6. The highest BCUT2D eigenvalue weighted by atomic mass is 32.2. The van der Waals surface area contributed by atoms with E-state index in [1.54, 1.807) is 0 Å². The smallest absolute Gasteiger partial charge is 0.0477 e. The molecule has 1 heterocycles. The van der Waals surface area contributed by atoms with E-state index in [1.165, 1.54) is 0 Å². The fourth-order valence-electron chi connectivity index (χ4n) is 1.65. The second kappa shape index (κ2) is 5.83. The van der Waals surface area contributed by atoms with Gasteiger partial charge in [-0.15, -0.1) is 0 Å². The van der Waals surface area contributed by atoms with Gasteiger partial charge in [0.1, 0.15) is 0 Å². The highest BCUT2D eigenvalue weighted by molar-refractivity contribution is 7.86. The molecule has 3 atom stereocenters. The van der Waals surface area contributed by atoms with Gasteiger partial charge < -0.3 is 10.1 Å². The molecule has 84 valence electrons. The summed E-state index contributed by atoms with van der Waals surface area (Å²) in [4.78, 5) is 0. The zero-order valence-corrected chi connectivity index (χ0v) is 10.1. The van der Waals surface area contributed by atoms with E-state index in [0.29, 0.717) is 11.3 Å². The molecule has 0 saturated carbocycles. The molecule has 1 saturated heterocycles. The third-order valence-electron chi connectivity index (χ3n) is 3.02. The summed E-state index contributed by atoms with van der Waals surface area (Å²) in [6, 6.07) is 0.318.